The molecule has 0 heterocycles. The quantitative estimate of drug-likeness (QED) is 0.559. The monoisotopic (exact) mass is 313 g/mol. The van der Waals surface area contributed by atoms with E-state index in [1.54, 1.807) is 14.0 Å². The van der Waals surface area contributed by atoms with Crippen LogP contribution >= 0.6 is 0 Å². The first-order valence-corrected chi connectivity index (χ1v) is 8.42. The number of carbonyl (C=O) groups excluding carboxylic acids is 2. The van der Waals surface area contributed by atoms with Gasteiger partial charge in [-0.25, -0.2) is 0 Å². The highest BCUT2D eigenvalue weighted by Gasteiger charge is 2.40. The van der Waals surface area contributed by atoms with Gasteiger partial charge in [-0.3, -0.25) is 9.59 Å². The predicted molar refractivity (Wildman–Crippen MR) is 90.8 cm³/mol. The lowest BCUT2D eigenvalue weighted by atomic mass is 9.63. The standard InChI is InChI=1S/C18H35NO3/c1-15(20)18(4,5)17(2,3)12-11-16(21)19-13-9-7-8-10-14-22-6/h7-14H2,1-6H3,(H,19,21). The molecule has 1 N–H and O–H groups in total. The molecular formula is C18H35NO3. The second-order valence-electron chi connectivity index (χ2n) is 7.32. The summed E-state index contributed by atoms with van der Waals surface area (Å²) in [6.07, 6.45) is 5.55. The summed E-state index contributed by atoms with van der Waals surface area (Å²) in [4.78, 5) is 23.7. The van der Waals surface area contributed by atoms with Gasteiger partial charge >= 0.3 is 0 Å². The molecule has 0 aliphatic carbocycles. The fraction of sp³-hybridized carbons (Fsp3) is 0.889. The maximum Gasteiger partial charge on any atom is 0.220 e. The maximum absolute atomic E-state index is 11.9. The largest absolute Gasteiger partial charge is 0.385 e. The predicted octanol–water partition coefficient (Wildman–Crippen LogP) is 3.73. The highest BCUT2D eigenvalue weighted by Crippen LogP contribution is 2.42. The van der Waals surface area contributed by atoms with Gasteiger partial charge in [0.1, 0.15) is 5.78 Å². The fourth-order valence-electron chi connectivity index (χ4n) is 2.26. The van der Waals surface area contributed by atoms with Crippen molar-refractivity contribution < 1.29 is 14.3 Å². The number of unbranched alkanes of at least 4 members (excludes halogenated alkanes) is 3. The van der Waals surface area contributed by atoms with E-state index in [1.165, 1.54) is 0 Å². The molecular weight excluding hydrogens is 278 g/mol. The van der Waals surface area contributed by atoms with Gasteiger partial charge in [0.15, 0.2) is 0 Å². The molecule has 130 valence electrons. The Morgan fingerprint density at radius 2 is 1.59 bits per heavy atom. The van der Waals surface area contributed by atoms with Gasteiger partial charge in [-0.2, -0.15) is 0 Å². The molecule has 4 nitrogen and oxygen atoms in total. The van der Waals surface area contributed by atoms with Crippen LogP contribution in [0.25, 0.3) is 0 Å². The number of hydrogen-bond acceptors (Lipinski definition) is 3. The third-order valence-electron chi connectivity index (χ3n) is 5.15. The van der Waals surface area contributed by atoms with Crippen molar-refractivity contribution in [2.45, 2.75) is 73.1 Å². The van der Waals surface area contributed by atoms with E-state index in [0.29, 0.717) is 6.42 Å². The summed E-state index contributed by atoms with van der Waals surface area (Å²) >= 11 is 0. The molecule has 0 aromatic rings. The normalized spacial score (nSPS) is 12.3. The van der Waals surface area contributed by atoms with Crippen molar-refractivity contribution in [3.8, 4) is 0 Å². The number of rotatable bonds is 12. The Morgan fingerprint density at radius 1 is 1.00 bits per heavy atom. The molecule has 0 atom stereocenters. The van der Waals surface area contributed by atoms with Crippen LogP contribution in [0, 0.1) is 10.8 Å². The Balaban J connectivity index is 3.92. The van der Waals surface area contributed by atoms with Crippen LogP contribution in [0.5, 0.6) is 0 Å². The van der Waals surface area contributed by atoms with E-state index >= 15 is 0 Å². The van der Waals surface area contributed by atoms with Crippen LogP contribution < -0.4 is 5.32 Å². The van der Waals surface area contributed by atoms with E-state index < -0.39 is 5.41 Å². The summed E-state index contributed by atoms with van der Waals surface area (Å²) in [6.45, 7) is 11.2. The van der Waals surface area contributed by atoms with Gasteiger partial charge in [0, 0.05) is 32.1 Å². The van der Waals surface area contributed by atoms with Crippen molar-refractivity contribution in [3.05, 3.63) is 0 Å². The van der Waals surface area contributed by atoms with Crippen molar-refractivity contribution >= 4 is 11.7 Å². The zero-order valence-electron chi connectivity index (χ0n) is 15.4. The molecule has 0 radical (unpaired) electrons. The van der Waals surface area contributed by atoms with Crippen LogP contribution in [-0.4, -0.2) is 32.0 Å². The fourth-order valence-corrected chi connectivity index (χ4v) is 2.26. The first kappa shape index (κ1) is 21.1. The first-order valence-electron chi connectivity index (χ1n) is 8.42. The van der Waals surface area contributed by atoms with Crippen molar-refractivity contribution in [1.29, 1.82) is 0 Å². The summed E-state index contributed by atoms with van der Waals surface area (Å²) in [5.41, 5.74) is -0.592. The third-order valence-corrected chi connectivity index (χ3v) is 5.15. The van der Waals surface area contributed by atoms with Gasteiger partial charge in [-0.15, -0.1) is 0 Å². The van der Waals surface area contributed by atoms with E-state index in [9.17, 15) is 9.59 Å². The molecule has 0 spiro atoms. The van der Waals surface area contributed by atoms with Gasteiger partial charge in [0.25, 0.3) is 0 Å². The maximum atomic E-state index is 11.9. The van der Waals surface area contributed by atoms with E-state index in [-0.39, 0.29) is 17.1 Å². The van der Waals surface area contributed by atoms with E-state index in [2.05, 4.69) is 19.2 Å². The molecule has 0 aliphatic rings. The summed E-state index contributed by atoms with van der Waals surface area (Å²) < 4.78 is 5.00. The highest BCUT2D eigenvalue weighted by molar-refractivity contribution is 5.82. The summed E-state index contributed by atoms with van der Waals surface area (Å²) in [7, 11) is 1.72. The van der Waals surface area contributed by atoms with Crippen molar-refractivity contribution in [1.82, 2.24) is 5.32 Å². The molecule has 0 aromatic heterocycles. The Labute approximate surface area is 136 Å². The van der Waals surface area contributed by atoms with Gasteiger partial charge in [0.2, 0.25) is 5.91 Å². The zero-order chi connectivity index (χ0) is 17.2. The molecule has 0 unspecified atom stereocenters. The summed E-state index contributed by atoms with van der Waals surface area (Å²) in [5, 5.41) is 2.97. The second kappa shape index (κ2) is 9.98. The third kappa shape index (κ3) is 7.39. The minimum absolute atomic E-state index is 0.0873. The van der Waals surface area contributed by atoms with Crippen molar-refractivity contribution in [3.63, 3.8) is 0 Å². The number of amides is 1. The summed E-state index contributed by atoms with van der Waals surface area (Å²) in [6, 6.07) is 0. The SMILES string of the molecule is COCCCCCCNC(=O)CCC(C)(C)C(C)(C)C(C)=O. The number of hydrogen-bond donors (Lipinski definition) is 1. The lowest BCUT2D eigenvalue weighted by molar-refractivity contribution is -0.132. The Kier molecular flexibility index (Phi) is 9.58. The average Bonchev–Trinajstić information content (AvgIpc) is 2.44. The molecule has 0 rings (SSSR count). The van der Waals surface area contributed by atoms with Gasteiger partial charge in [-0.1, -0.05) is 40.5 Å². The number of methoxy groups -OCH3 is 1. The first-order chi connectivity index (χ1) is 10.1. The van der Waals surface area contributed by atoms with Crippen molar-refractivity contribution in [2.75, 3.05) is 20.3 Å². The number of nitrogens with one attached hydrogen (secondary N) is 1. The van der Waals surface area contributed by atoms with Crippen LogP contribution in [0.3, 0.4) is 0 Å². The van der Waals surface area contributed by atoms with Gasteiger partial charge < -0.3 is 10.1 Å². The average molecular weight is 313 g/mol. The highest BCUT2D eigenvalue weighted by atomic mass is 16.5. The van der Waals surface area contributed by atoms with Gasteiger partial charge in [-0.05, 0) is 31.6 Å². The molecule has 0 saturated heterocycles. The minimum Gasteiger partial charge on any atom is -0.385 e. The van der Waals surface area contributed by atoms with Crippen LogP contribution in [-0.2, 0) is 14.3 Å². The second-order valence-corrected chi connectivity index (χ2v) is 7.32. The number of ketones is 1. The van der Waals surface area contributed by atoms with Crippen molar-refractivity contribution in [2.24, 2.45) is 10.8 Å². The van der Waals surface area contributed by atoms with Crippen LogP contribution in [0.2, 0.25) is 0 Å². The minimum atomic E-state index is -0.408. The smallest absolute Gasteiger partial charge is 0.220 e. The molecule has 1 amide bonds. The number of ether oxygens (including phenoxy) is 1. The van der Waals surface area contributed by atoms with Crippen LogP contribution in [0.15, 0.2) is 0 Å². The zero-order valence-corrected chi connectivity index (χ0v) is 15.4. The van der Waals surface area contributed by atoms with E-state index in [0.717, 1.165) is 45.3 Å². The molecule has 0 saturated carbocycles. The molecule has 4 heteroatoms. The molecule has 0 aliphatic heterocycles. The van der Waals surface area contributed by atoms with Crippen LogP contribution in [0.1, 0.15) is 73.1 Å². The lowest BCUT2D eigenvalue weighted by Crippen LogP contribution is -2.39. The van der Waals surface area contributed by atoms with E-state index in [4.69, 9.17) is 4.74 Å². The topological polar surface area (TPSA) is 55.4 Å². The van der Waals surface area contributed by atoms with E-state index in [1.807, 2.05) is 13.8 Å². The lowest BCUT2D eigenvalue weighted by Gasteiger charge is -2.39. The van der Waals surface area contributed by atoms with Gasteiger partial charge in [0.05, 0.1) is 0 Å². The van der Waals surface area contributed by atoms with Crippen LogP contribution in [0.4, 0.5) is 0 Å². The summed E-state index contributed by atoms with van der Waals surface area (Å²) in [5.74, 6) is 0.262. The number of carbonyl (C=O) groups is 2. The molecule has 0 fully saturated rings. The number of Topliss-reactive ketones (excluding diaryl/α,β-unsaturated/α-hetero) is 1. The molecule has 22 heavy (non-hydrogen) atoms. The molecule has 0 bridgehead atoms. The Morgan fingerprint density at radius 3 is 2.14 bits per heavy atom. The molecule has 0 aromatic carbocycles. The Hall–Kier alpha value is -0.900. The Bertz CT molecular complexity index is 348.